The molecule has 0 saturated carbocycles. The predicted molar refractivity (Wildman–Crippen MR) is 116 cm³/mol. The number of carbonyl (C=O) groups is 1. The van der Waals surface area contributed by atoms with Gasteiger partial charge in [0.25, 0.3) is 5.91 Å². The molecule has 1 aromatic carbocycles. The fourth-order valence-electron chi connectivity index (χ4n) is 3.20. The maximum Gasteiger partial charge on any atom is 0.362 e. The third-order valence-corrected chi connectivity index (χ3v) is 5.58. The van der Waals surface area contributed by atoms with E-state index in [2.05, 4.69) is 11.2 Å². The second-order valence-corrected chi connectivity index (χ2v) is 8.29. The molecule has 0 aliphatic rings. The Hall–Kier alpha value is -3.42. The van der Waals surface area contributed by atoms with Crippen LogP contribution in [0.3, 0.4) is 0 Å². The Bertz CT molecular complexity index is 1300. The molecule has 0 saturated heterocycles. The number of fused-ring (bicyclic) bond motifs is 1. The van der Waals surface area contributed by atoms with Crippen molar-refractivity contribution in [2.75, 3.05) is 6.61 Å². The highest BCUT2D eigenvalue weighted by molar-refractivity contribution is 7.85. The number of benzene rings is 1. The monoisotopic (exact) mass is 441 g/mol. The van der Waals surface area contributed by atoms with Crippen LogP contribution in [0.5, 0.6) is 0 Å². The molecule has 162 valence electrons. The van der Waals surface area contributed by atoms with E-state index in [1.807, 2.05) is 34.5 Å². The molecule has 0 spiro atoms. The van der Waals surface area contributed by atoms with E-state index >= 15 is 0 Å². The Morgan fingerprint density at radius 1 is 1.35 bits per heavy atom. The van der Waals surface area contributed by atoms with E-state index in [1.165, 1.54) is 6.08 Å². The van der Waals surface area contributed by atoms with Crippen LogP contribution in [0.25, 0.3) is 22.8 Å². The predicted octanol–water partition coefficient (Wildman–Crippen LogP) is 2.74. The Morgan fingerprint density at radius 2 is 2.13 bits per heavy atom. The van der Waals surface area contributed by atoms with E-state index < -0.39 is 16.2 Å². The Labute approximate surface area is 180 Å². The molecule has 2 aromatic heterocycles. The summed E-state index contributed by atoms with van der Waals surface area (Å²) in [5.74, 6) is -0.120. The maximum atomic E-state index is 12.1. The van der Waals surface area contributed by atoms with Crippen LogP contribution in [-0.2, 0) is 26.3 Å². The Kier molecular flexibility index (Phi) is 6.58. The molecule has 0 atom stereocenters. The topological polar surface area (TPSA) is 119 Å². The van der Waals surface area contributed by atoms with Crippen molar-refractivity contribution in [2.45, 2.75) is 26.7 Å². The first-order valence-corrected chi connectivity index (χ1v) is 11.1. The second-order valence-electron chi connectivity index (χ2n) is 6.95. The number of aromatic nitrogens is 3. The van der Waals surface area contributed by atoms with Gasteiger partial charge in [-0.15, -0.1) is 0 Å². The van der Waals surface area contributed by atoms with Gasteiger partial charge in [-0.25, -0.2) is 4.72 Å². The second kappa shape index (κ2) is 9.16. The van der Waals surface area contributed by atoms with Crippen molar-refractivity contribution in [1.82, 2.24) is 19.1 Å². The number of carbonyl (C=O) groups excluding carboxylic acids is 1. The van der Waals surface area contributed by atoms with Gasteiger partial charge in [-0.2, -0.15) is 18.8 Å². The molecule has 2 heterocycles. The van der Waals surface area contributed by atoms with Crippen LogP contribution in [0, 0.1) is 18.3 Å². The summed E-state index contributed by atoms with van der Waals surface area (Å²) >= 11 is 0. The lowest BCUT2D eigenvalue weighted by atomic mass is 10.2. The Balaban J connectivity index is 1.89. The molecule has 0 aliphatic heterocycles. The summed E-state index contributed by atoms with van der Waals surface area (Å²) in [6.07, 6.45) is 5.85. The smallest absolute Gasteiger partial charge is 0.301 e. The number of aryl methyl sites for hydroxylation is 2. The molecule has 0 bridgehead atoms. The lowest BCUT2D eigenvalue weighted by Gasteiger charge is -2.08. The van der Waals surface area contributed by atoms with Gasteiger partial charge in [-0.3, -0.25) is 13.7 Å². The van der Waals surface area contributed by atoms with E-state index in [1.54, 1.807) is 30.8 Å². The average Bonchev–Trinajstić information content (AvgIpc) is 3.24. The van der Waals surface area contributed by atoms with Crippen molar-refractivity contribution >= 4 is 33.2 Å². The molecule has 3 rings (SSSR count). The van der Waals surface area contributed by atoms with Gasteiger partial charge in [0, 0.05) is 30.3 Å². The van der Waals surface area contributed by atoms with E-state index in [4.69, 9.17) is 9.44 Å². The number of rotatable bonds is 8. The molecule has 0 aliphatic carbocycles. The molecule has 9 nitrogen and oxygen atoms in total. The van der Waals surface area contributed by atoms with Gasteiger partial charge >= 0.3 is 10.3 Å². The lowest BCUT2D eigenvalue weighted by Crippen LogP contribution is -2.30. The van der Waals surface area contributed by atoms with Crippen LogP contribution in [0.4, 0.5) is 0 Å². The van der Waals surface area contributed by atoms with Gasteiger partial charge in [-0.05, 0) is 43.7 Å². The molecular formula is C21H23N5O4S. The number of unbranched alkanes of at least 4 members (excludes halogenated alkanes) is 1. The highest BCUT2D eigenvalue weighted by atomic mass is 32.2. The summed E-state index contributed by atoms with van der Waals surface area (Å²) in [7, 11) is -2.38. The van der Waals surface area contributed by atoms with Crippen molar-refractivity contribution in [1.29, 1.82) is 5.26 Å². The molecule has 0 unspecified atom stereocenters. The van der Waals surface area contributed by atoms with E-state index in [0.717, 1.165) is 23.4 Å². The van der Waals surface area contributed by atoms with Crippen LogP contribution in [0.1, 0.15) is 36.6 Å². The molecule has 10 heteroatoms. The quantitative estimate of drug-likeness (QED) is 0.424. The normalized spacial score (nSPS) is 11.8. The summed E-state index contributed by atoms with van der Waals surface area (Å²) in [5.41, 5.74) is 2.75. The molecule has 31 heavy (non-hydrogen) atoms. The summed E-state index contributed by atoms with van der Waals surface area (Å²) < 4.78 is 33.8. The average molecular weight is 442 g/mol. The number of nitriles is 1. The van der Waals surface area contributed by atoms with Crippen molar-refractivity contribution in [3.8, 4) is 11.9 Å². The van der Waals surface area contributed by atoms with Crippen LogP contribution >= 0.6 is 0 Å². The minimum absolute atomic E-state index is 0.0168. The number of nitrogens with zero attached hydrogens (tertiary/aromatic N) is 4. The van der Waals surface area contributed by atoms with Crippen molar-refractivity contribution < 1.29 is 17.4 Å². The van der Waals surface area contributed by atoms with E-state index in [-0.39, 0.29) is 6.61 Å². The lowest BCUT2D eigenvalue weighted by molar-refractivity contribution is -0.114. The molecule has 0 fully saturated rings. The fourth-order valence-corrected chi connectivity index (χ4v) is 3.91. The minimum atomic E-state index is -4.15. The van der Waals surface area contributed by atoms with Crippen LogP contribution in [0.2, 0.25) is 0 Å². The highest BCUT2D eigenvalue weighted by Crippen LogP contribution is 2.26. The standard InChI is InChI=1S/C21H23N5O4S/c1-4-5-12-30-31(28,29)24-20(27)9-7-18-15(2)23-25(3)21(18)26-11-10-17-13-16(14-22)6-8-19(17)26/h6-11,13H,4-5,12H2,1-3H3,(H,24,27). The summed E-state index contributed by atoms with van der Waals surface area (Å²) in [6.45, 7) is 3.72. The third kappa shape index (κ3) is 5.02. The van der Waals surface area contributed by atoms with Gasteiger partial charge < -0.3 is 4.57 Å². The van der Waals surface area contributed by atoms with Gasteiger partial charge in [0.15, 0.2) is 0 Å². The van der Waals surface area contributed by atoms with Crippen molar-refractivity contribution in [3.63, 3.8) is 0 Å². The van der Waals surface area contributed by atoms with E-state index in [0.29, 0.717) is 29.1 Å². The zero-order chi connectivity index (χ0) is 22.6. The first-order chi connectivity index (χ1) is 14.8. The van der Waals surface area contributed by atoms with Gasteiger partial charge in [0.2, 0.25) is 0 Å². The zero-order valence-electron chi connectivity index (χ0n) is 17.5. The van der Waals surface area contributed by atoms with E-state index in [9.17, 15) is 13.2 Å². The number of amides is 1. The van der Waals surface area contributed by atoms with Gasteiger partial charge in [0.1, 0.15) is 5.82 Å². The summed E-state index contributed by atoms with van der Waals surface area (Å²) in [5, 5.41) is 14.4. The zero-order valence-corrected chi connectivity index (χ0v) is 18.3. The first-order valence-electron chi connectivity index (χ1n) is 9.70. The number of nitrogens with one attached hydrogen (secondary N) is 1. The molecular weight excluding hydrogens is 418 g/mol. The highest BCUT2D eigenvalue weighted by Gasteiger charge is 2.17. The summed E-state index contributed by atoms with van der Waals surface area (Å²) in [6, 6.07) is 9.38. The molecule has 3 aromatic rings. The van der Waals surface area contributed by atoms with Gasteiger partial charge in [-0.1, -0.05) is 13.3 Å². The van der Waals surface area contributed by atoms with Crippen molar-refractivity contribution in [3.05, 3.63) is 53.4 Å². The molecule has 1 amide bonds. The third-order valence-electron chi connectivity index (χ3n) is 4.65. The molecule has 1 N–H and O–H groups in total. The number of hydrogen-bond donors (Lipinski definition) is 1. The van der Waals surface area contributed by atoms with Crippen LogP contribution in [-0.4, -0.2) is 35.3 Å². The fraction of sp³-hybridized carbons (Fsp3) is 0.286. The van der Waals surface area contributed by atoms with Crippen LogP contribution in [0.15, 0.2) is 36.5 Å². The number of hydrogen-bond acceptors (Lipinski definition) is 6. The maximum absolute atomic E-state index is 12.1. The minimum Gasteiger partial charge on any atom is -0.301 e. The summed E-state index contributed by atoms with van der Waals surface area (Å²) in [4.78, 5) is 12.1. The van der Waals surface area contributed by atoms with Gasteiger partial charge in [0.05, 0.1) is 29.5 Å². The SMILES string of the molecule is CCCCOS(=O)(=O)NC(=O)C=Cc1c(C)nn(C)c1-n1ccc2cc(C#N)ccc21. The molecule has 0 radical (unpaired) electrons. The van der Waals surface area contributed by atoms with Crippen LogP contribution < -0.4 is 4.72 Å². The Morgan fingerprint density at radius 3 is 2.84 bits per heavy atom. The largest absolute Gasteiger partial charge is 0.362 e. The van der Waals surface area contributed by atoms with Crippen molar-refractivity contribution in [2.24, 2.45) is 7.05 Å². The first kappa shape index (κ1) is 22.3.